The molecule has 0 saturated heterocycles. The third-order valence-electron chi connectivity index (χ3n) is 2.55. The Morgan fingerprint density at radius 3 is 2.78 bits per heavy atom. The van der Waals surface area contributed by atoms with Gasteiger partial charge in [-0.15, -0.1) is 11.3 Å². The molecule has 0 saturated carbocycles. The number of hydrogen-bond donors (Lipinski definition) is 1. The molecular formula is C13H18ClN3S. The van der Waals surface area contributed by atoms with Crippen molar-refractivity contribution in [3.63, 3.8) is 0 Å². The number of thiophene rings is 1. The Bertz CT molecular complexity index is 510. The van der Waals surface area contributed by atoms with E-state index in [4.69, 9.17) is 11.6 Å². The Labute approximate surface area is 117 Å². The minimum Gasteiger partial charge on any atom is -0.328 e. The number of rotatable bonds is 4. The van der Waals surface area contributed by atoms with Gasteiger partial charge in [-0.2, -0.15) is 0 Å². The Kier molecular flexibility index (Phi) is 4.10. The second kappa shape index (κ2) is 5.43. The van der Waals surface area contributed by atoms with Crippen molar-refractivity contribution >= 4 is 22.9 Å². The van der Waals surface area contributed by atoms with E-state index >= 15 is 0 Å². The highest BCUT2D eigenvalue weighted by Gasteiger charge is 2.11. The standard InChI is InChI=1S/C13H18ClN3S/c1-13(2,3)16-7-10-6-15-9-17(10)8-11-4-5-12(14)18-11/h4-6,9,16H,7-8H2,1-3H3. The van der Waals surface area contributed by atoms with E-state index in [-0.39, 0.29) is 5.54 Å². The lowest BCUT2D eigenvalue weighted by molar-refractivity contribution is 0.417. The third kappa shape index (κ3) is 3.83. The molecule has 0 spiro atoms. The van der Waals surface area contributed by atoms with Gasteiger partial charge < -0.3 is 9.88 Å². The number of hydrogen-bond acceptors (Lipinski definition) is 3. The van der Waals surface area contributed by atoms with Gasteiger partial charge in [0.25, 0.3) is 0 Å². The molecule has 2 aromatic heterocycles. The topological polar surface area (TPSA) is 29.9 Å². The van der Waals surface area contributed by atoms with E-state index in [9.17, 15) is 0 Å². The molecule has 0 aliphatic rings. The van der Waals surface area contributed by atoms with Gasteiger partial charge in [0.15, 0.2) is 0 Å². The zero-order valence-electron chi connectivity index (χ0n) is 10.9. The second-order valence-electron chi connectivity index (χ2n) is 5.32. The second-order valence-corrected chi connectivity index (χ2v) is 7.12. The van der Waals surface area contributed by atoms with Crippen LogP contribution in [-0.4, -0.2) is 15.1 Å². The van der Waals surface area contributed by atoms with E-state index in [0.717, 1.165) is 17.4 Å². The first-order valence-electron chi connectivity index (χ1n) is 5.92. The first-order chi connectivity index (χ1) is 8.44. The number of nitrogens with zero attached hydrogens (tertiary/aromatic N) is 2. The predicted molar refractivity (Wildman–Crippen MR) is 77.3 cm³/mol. The van der Waals surface area contributed by atoms with Gasteiger partial charge in [0, 0.05) is 23.2 Å². The summed E-state index contributed by atoms with van der Waals surface area (Å²) in [6.45, 7) is 8.13. The summed E-state index contributed by atoms with van der Waals surface area (Å²) >= 11 is 7.56. The summed E-state index contributed by atoms with van der Waals surface area (Å²) in [7, 11) is 0. The third-order valence-corrected chi connectivity index (χ3v) is 3.77. The summed E-state index contributed by atoms with van der Waals surface area (Å²) in [4.78, 5) is 5.47. The van der Waals surface area contributed by atoms with Crippen LogP contribution in [0.4, 0.5) is 0 Å². The molecule has 0 aliphatic heterocycles. The van der Waals surface area contributed by atoms with Gasteiger partial charge in [0.2, 0.25) is 0 Å². The molecule has 0 aliphatic carbocycles. The van der Waals surface area contributed by atoms with Crippen molar-refractivity contribution in [2.45, 2.75) is 39.4 Å². The normalized spacial score (nSPS) is 12.0. The van der Waals surface area contributed by atoms with Crippen molar-refractivity contribution in [3.05, 3.63) is 39.6 Å². The van der Waals surface area contributed by atoms with Gasteiger partial charge in [0.1, 0.15) is 0 Å². The lowest BCUT2D eigenvalue weighted by Crippen LogP contribution is -2.35. The summed E-state index contributed by atoms with van der Waals surface area (Å²) in [6, 6.07) is 4.00. The molecule has 18 heavy (non-hydrogen) atoms. The smallest absolute Gasteiger partial charge is 0.0952 e. The zero-order valence-corrected chi connectivity index (χ0v) is 12.5. The van der Waals surface area contributed by atoms with Crippen LogP contribution in [0.2, 0.25) is 4.34 Å². The average Bonchev–Trinajstić information content (AvgIpc) is 2.85. The SMILES string of the molecule is CC(C)(C)NCc1cncn1Cc1ccc(Cl)s1. The van der Waals surface area contributed by atoms with Crippen LogP contribution in [0.5, 0.6) is 0 Å². The molecule has 0 unspecified atom stereocenters. The summed E-state index contributed by atoms with van der Waals surface area (Å²) in [5.74, 6) is 0. The Morgan fingerprint density at radius 1 is 1.39 bits per heavy atom. The zero-order chi connectivity index (χ0) is 13.2. The van der Waals surface area contributed by atoms with Gasteiger partial charge in [-0.3, -0.25) is 0 Å². The molecule has 0 radical (unpaired) electrons. The fraction of sp³-hybridized carbons (Fsp3) is 0.462. The van der Waals surface area contributed by atoms with E-state index in [1.54, 1.807) is 11.3 Å². The fourth-order valence-electron chi connectivity index (χ4n) is 1.60. The van der Waals surface area contributed by atoms with Crippen molar-refractivity contribution in [1.29, 1.82) is 0 Å². The fourth-order valence-corrected chi connectivity index (χ4v) is 2.68. The molecule has 0 amide bonds. The maximum atomic E-state index is 5.94. The molecule has 0 bridgehead atoms. The van der Waals surface area contributed by atoms with E-state index in [1.807, 2.05) is 18.6 Å². The average molecular weight is 284 g/mol. The molecule has 5 heteroatoms. The van der Waals surface area contributed by atoms with Crippen LogP contribution in [0, 0.1) is 0 Å². The maximum Gasteiger partial charge on any atom is 0.0952 e. The minimum absolute atomic E-state index is 0.112. The number of halogens is 1. The molecule has 98 valence electrons. The largest absolute Gasteiger partial charge is 0.328 e. The molecule has 3 nitrogen and oxygen atoms in total. The summed E-state index contributed by atoms with van der Waals surface area (Å²) < 4.78 is 2.99. The Hall–Kier alpha value is -0.840. The highest BCUT2D eigenvalue weighted by Crippen LogP contribution is 2.22. The van der Waals surface area contributed by atoms with E-state index < -0.39 is 0 Å². The van der Waals surface area contributed by atoms with Crippen LogP contribution in [0.1, 0.15) is 31.3 Å². The predicted octanol–water partition coefficient (Wildman–Crippen LogP) is 3.53. The van der Waals surface area contributed by atoms with Crippen molar-refractivity contribution in [2.24, 2.45) is 0 Å². The molecular weight excluding hydrogens is 266 g/mol. The Balaban J connectivity index is 2.03. The van der Waals surface area contributed by atoms with Crippen LogP contribution < -0.4 is 5.32 Å². The molecule has 0 atom stereocenters. The Morgan fingerprint density at radius 2 is 2.17 bits per heavy atom. The van der Waals surface area contributed by atoms with E-state index in [2.05, 4.69) is 41.7 Å². The van der Waals surface area contributed by atoms with Crippen molar-refractivity contribution < 1.29 is 0 Å². The van der Waals surface area contributed by atoms with Gasteiger partial charge in [-0.05, 0) is 32.9 Å². The quantitative estimate of drug-likeness (QED) is 0.930. The molecule has 0 fully saturated rings. The van der Waals surface area contributed by atoms with E-state index in [1.165, 1.54) is 10.6 Å². The van der Waals surface area contributed by atoms with Crippen LogP contribution >= 0.6 is 22.9 Å². The van der Waals surface area contributed by atoms with Crippen molar-refractivity contribution in [1.82, 2.24) is 14.9 Å². The van der Waals surface area contributed by atoms with Crippen molar-refractivity contribution in [2.75, 3.05) is 0 Å². The van der Waals surface area contributed by atoms with Gasteiger partial charge in [-0.25, -0.2) is 4.98 Å². The van der Waals surface area contributed by atoms with Gasteiger partial charge >= 0.3 is 0 Å². The molecule has 2 heterocycles. The molecule has 1 N–H and O–H groups in total. The van der Waals surface area contributed by atoms with Crippen LogP contribution in [-0.2, 0) is 13.1 Å². The first kappa shape index (κ1) is 13.6. The monoisotopic (exact) mass is 283 g/mol. The summed E-state index contributed by atoms with van der Waals surface area (Å²) in [5.41, 5.74) is 1.30. The lowest BCUT2D eigenvalue weighted by atomic mass is 10.1. The highest BCUT2D eigenvalue weighted by atomic mass is 35.5. The summed E-state index contributed by atoms with van der Waals surface area (Å²) in [5, 5.41) is 3.47. The molecule has 2 aromatic rings. The molecule has 2 rings (SSSR count). The summed E-state index contributed by atoms with van der Waals surface area (Å²) in [6.07, 6.45) is 3.78. The first-order valence-corrected chi connectivity index (χ1v) is 7.12. The van der Waals surface area contributed by atoms with Gasteiger partial charge in [0.05, 0.1) is 22.9 Å². The lowest BCUT2D eigenvalue weighted by Gasteiger charge is -2.20. The van der Waals surface area contributed by atoms with Crippen LogP contribution in [0.15, 0.2) is 24.7 Å². The van der Waals surface area contributed by atoms with Gasteiger partial charge in [-0.1, -0.05) is 11.6 Å². The maximum absolute atomic E-state index is 5.94. The van der Waals surface area contributed by atoms with E-state index in [0.29, 0.717) is 0 Å². The number of imidazole rings is 1. The van der Waals surface area contributed by atoms with Crippen LogP contribution in [0.25, 0.3) is 0 Å². The number of nitrogens with one attached hydrogen (secondary N) is 1. The number of aromatic nitrogens is 2. The van der Waals surface area contributed by atoms with Crippen LogP contribution in [0.3, 0.4) is 0 Å². The van der Waals surface area contributed by atoms with Crippen molar-refractivity contribution in [3.8, 4) is 0 Å². The highest BCUT2D eigenvalue weighted by molar-refractivity contribution is 7.16. The minimum atomic E-state index is 0.112. The molecule has 0 aromatic carbocycles.